The highest BCUT2D eigenvalue weighted by atomic mass is 31.2. The summed E-state index contributed by atoms with van der Waals surface area (Å²) in [5, 5.41) is 8.84. The number of phosphoric ester groups is 1. The van der Waals surface area contributed by atoms with Crippen LogP contribution in [0.15, 0.2) is 72.9 Å². The molecule has 11 nitrogen and oxygen atoms in total. The van der Waals surface area contributed by atoms with Gasteiger partial charge in [0, 0.05) is 12.8 Å². The molecule has 0 fully saturated rings. The van der Waals surface area contributed by atoms with Crippen molar-refractivity contribution in [2.75, 3.05) is 19.8 Å². The molecule has 0 spiro atoms. The van der Waals surface area contributed by atoms with Gasteiger partial charge in [-0.25, -0.2) is 4.57 Å². The molecule has 0 amide bonds. The van der Waals surface area contributed by atoms with E-state index in [0.717, 1.165) is 38.5 Å². The first kappa shape index (κ1) is 46.9. The molecule has 0 saturated carbocycles. The van der Waals surface area contributed by atoms with E-state index in [4.69, 9.17) is 24.8 Å². The summed E-state index contributed by atoms with van der Waals surface area (Å²) in [6.45, 7) is 2.50. The minimum atomic E-state index is -4.73. The van der Waals surface area contributed by atoms with Crippen molar-refractivity contribution in [3.05, 3.63) is 72.9 Å². The largest absolute Gasteiger partial charge is 0.480 e. The van der Waals surface area contributed by atoms with Crippen LogP contribution in [0.3, 0.4) is 0 Å². The molecule has 0 aromatic heterocycles. The quantitative estimate of drug-likeness (QED) is 0.0199. The van der Waals surface area contributed by atoms with E-state index in [0.29, 0.717) is 12.8 Å². The highest BCUT2D eigenvalue weighted by molar-refractivity contribution is 7.47. The van der Waals surface area contributed by atoms with Gasteiger partial charge in [0.2, 0.25) is 0 Å². The summed E-state index contributed by atoms with van der Waals surface area (Å²) in [5.74, 6) is -2.53. The number of hydrogen-bond acceptors (Lipinski definition) is 9. The lowest BCUT2D eigenvalue weighted by molar-refractivity contribution is -0.161. The third-order valence-electron chi connectivity index (χ3n) is 7.05. The highest BCUT2D eigenvalue weighted by Gasteiger charge is 2.28. The predicted octanol–water partition coefficient (Wildman–Crippen LogP) is 8.61. The predicted molar refractivity (Wildman–Crippen MR) is 198 cm³/mol. The molecule has 3 atom stereocenters. The van der Waals surface area contributed by atoms with Gasteiger partial charge in [-0.3, -0.25) is 23.4 Å². The summed E-state index contributed by atoms with van der Waals surface area (Å²) >= 11 is 0. The van der Waals surface area contributed by atoms with E-state index < -0.39 is 57.7 Å². The molecule has 50 heavy (non-hydrogen) atoms. The van der Waals surface area contributed by atoms with E-state index in [-0.39, 0.29) is 12.8 Å². The van der Waals surface area contributed by atoms with Gasteiger partial charge in [-0.2, -0.15) is 0 Å². The zero-order chi connectivity index (χ0) is 37.1. The maximum atomic E-state index is 12.5. The zero-order valence-corrected chi connectivity index (χ0v) is 31.1. The van der Waals surface area contributed by atoms with Crippen LogP contribution in [0.2, 0.25) is 0 Å². The smallest absolute Gasteiger partial charge is 0.472 e. The Morgan fingerprint density at radius 3 is 1.92 bits per heavy atom. The monoisotopic (exact) mass is 723 g/mol. The van der Waals surface area contributed by atoms with Gasteiger partial charge in [-0.05, 0) is 51.4 Å². The van der Waals surface area contributed by atoms with Crippen LogP contribution in [0.25, 0.3) is 0 Å². The van der Waals surface area contributed by atoms with Crippen LogP contribution in [0.1, 0.15) is 117 Å². The number of rotatable bonds is 32. The lowest BCUT2D eigenvalue weighted by Gasteiger charge is -2.20. The minimum Gasteiger partial charge on any atom is -0.480 e. The standard InChI is InChI=1S/C38H62NO10P/c1-3-5-7-9-11-13-15-17-19-21-23-25-27-29-36(40)46-31-34(32-47-50(44,45)48-33-35(39)38(42)43)49-37(41)30-28-26-24-22-20-18-16-14-12-10-8-6-4-2/h6,8,10,12,14,16-20,23,25,34-35H,3-5,7,9,11,13,15,21-22,24,26-33,39H2,1-2H3,(H,42,43)(H,44,45)/b8-6+,12-10+,16-14+,19-17+,20-18+,25-23+/t34?,35-/m0/s1. The van der Waals surface area contributed by atoms with E-state index in [1.54, 1.807) is 0 Å². The lowest BCUT2D eigenvalue weighted by atomic mass is 10.1. The molecule has 0 aromatic rings. The summed E-state index contributed by atoms with van der Waals surface area (Å²) in [6.07, 6.45) is 37.2. The molecule has 0 radical (unpaired) electrons. The Hall–Kier alpha value is -3.08. The molecule has 4 N–H and O–H groups in total. The van der Waals surface area contributed by atoms with Crippen LogP contribution in [0, 0.1) is 0 Å². The number of carbonyl (C=O) groups is 3. The molecule has 0 aliphatic carbocycles. The molecule has 0 rings (SSSR count). The molecule has 0 aromatic carbocycles. The van der Waals surface area contributed by atoms with Gasteiger partial charge in [0.1, 0.15) is 12.6 Å². The fourth-order valence-electron chi connectivity index (χ4n) is 4.18. The number of esters is 2. The molecular formula is C38H62NO10P. The lowest BCUT2D eigenvalue weighted by Crippen LogP contribution is -2.34. The Kier molecular flexibility index (Phi) is 31.0. The Morgan fingerprint density at radius 1 is 0.660 bits per heavy atom. The first-order valence-corrected chi connectivity index (χ1v) is 19.5. The summed E-state index contributed by atoms with van der Waals surface area (Å²) in [7, 11) is -4.73. The topological polar surface area (TPSA) is 172 Å². The highest BCUT2D eigenvalue weighted by Crippen LogP contribution is 2.43. The summed E-state index contributed by atoms with van der Waals surface area (Å²) in [6, 6.07) is -1.54. The van der Waals surface area contributed by atoms with Crippen molar-refractivity contribution in [1.82, 2.24) is 0 Å². The molecule has 0 saturated heterocycles. The van der Waals surface area contributed by atoms with Gasteiger partial charge in [0.05, 0.1) is 13.2 Å². The molecule has 12 heteroatoms. The average molecular weight is 724 g/mol. The third kappa shape index (κ3) is 32.1. The Labute approximate surface area is 300 Å². The Balaban J connectivity index is 4.65. The second-order valence-corrected chi connectivity index (χ2v) is 13.2. The van der Waals surface area contributed by atoms with Crippen LogP contribution >= 0.6 is 7.82 Å². The Morgan fingerprint density at radius 2 is 1.24 bits per heavy atom. The fraction of sp³-hybridized carbons (Fsp3) is 0.605. The summed E-state index contributed by atoms with van der Waals surface area (Å²) in [5.41, 5.74) is 5.30. The summed E-state index contributed by atoms with van der Waals surface area (Å²) in [4.78, 5) is 45.6. The second-order valence-electron chi connectivity index (χ2n) is 11.7. The number of carboxylic acids is 1. The van der Waals surface area contributed by atoms with Crippen molar-refractivity contribution >= 4 is 25.7 Å². The van der Waals surface area contributed by atoms with E-state index in [9.17, 15) is 23.8 Å². The molecular weight excluding hydrogens is 661 g/mol. The third-order valence-corrected chi connectivity index (χ3v) is 8.00. The van der Waals surface area contributed by atoms with E-state index in [2.05, 4.69) is 42.7 Å². The van der Waals surface area contributed by atoms with Crippen molar-refractivity contribution in [1.29, 1.82) is 0 Å². The SMILES string of the molecule is CC/C=C/C=C/C=C/C=C/CCCCCC(=O)OC(COC(=O)CC/C=C/C/C=C/CCCCCCCC)COP(=O)(O)OC[C@H](N)C(=O)O. The van der Waals surface area contributed by atoms with E-state index in [1.165, 1.54) is 38.5 Å². The number of phosphoric acid groups is 1. The number of carbonyl (C=O) groups excluding carboxylic acids is 2. The number of aliphatic carboxylic acids is 1. The summed E-state index contributed by atoms with van der Waals surface area (Å²) < 4.78 is 32.4. The molecule has 284 valence electrons. The molecule has 0 aliphatic heterocycles. The molecule has 2 unspecified atom stereocenters. The fourth-order valence-corrected chi connectivity index (χ4v) is 4.96. The average Bonchev–Trinajstić information content (AvgIpc) is 3.09. The van der Waals surface area contributed by atoms with Crippen molar-refractivity contribution in [2.24, 2.45) is 5.73 Å². The van der Waals surface area contributed by atoms with Crippen LogP contribution in [-0.4, -0.2) is 59.9 Å². The number of carboxylic acid groups (broad SMARTS) is 1. The second kappa shape index (κ2) is 33.1. The van der Waals surface area contributed by atoms with Crippen molar-refractivity contribution < 1.29 is 47.5 Å². The number of ether oxygens (including phenoxy) is 2. The van der Waals surface area contributed by atoms with Crippen molar-refractivity contribution in [2.45, 2.75) is 129 Å². The number of allylic oxidation sites excluding steroid dienone is 12. The number of hydrogen-bond donors (Lipinski definition) is 3. The van der Waals surface area contributed by atoms with Gasteiger partial charge >= 0.3 is 25.7 Å². The van der Waals surface area contributed by atoms with Gasteiger partial charge in [0.15, 0.2) is 6.10 Å². The minimum absolute atomic E-state index is 0.100. The van der Waals surface area contributed by atoms with Crippen molar-refractivity contribution in [3.8, 4) is 0 Å². The number of nitrogens with two attached hydrogens (primary N) is 1. The molecule has 0 bridgehead atoms. The van der Waals surface area contributed by atoms with Crippen LogP contribution in [0.5, 0.6) is 0 Å². The maximum Gasteiger partial charge on any atom is 0.472 e. The van der Waals surface area contributed by atoms with Crippen LogP contribution < -0.4 is 5.73 Å². The van der Waals surface area contributed by atoms with E-state index >= 15 is 0 Å². The molecule has 0 heterocycles. The van der Waals surface area contributed by atoms with E-state index in [1.807, 2.05) is 48.6 Å². The maximum absolute atomic E-state index is 12.5. The number of unbranched alkanes of at least 4 members (excludes halogenated alkanes) is 9. The first-order chi connectivity index (χ1) is 24.1. The van der Waals surface area contributed by atoms with Gasteiger partial charge in [0.25, 0.3) is 0 Å². The van der Waals surface area contributed by atoms with Crippen molar-refractivity contribution in [3.63, 3.8) is 0 Å². The van der Waals surface area contributed by atoms with Crippen LogP contribution in [0.4, 0.5) is 0 Å². The zero-order valence-electron chi connectivity index (χ0n) is 30.2. The molecule has 0 aliphatic rings. The van der Waals surface area contributed by atoms with Gasteiger partial charge in [-0.1, -0.05) is 125 Å². The normalized spacial score (nSPS) is 14.8. The first-order valence-electron chi connectivity index (χ1n) is 18.0. The van der Waals surface area contributed by atoms with Crippen LogP contribution in [-0.2, 0) is 37.5 Å². The Bertz CT molecular complexity index is 1130. The van der Waals surface area contributed by atoms with Gasteiger partial charge < -0.3 is 25.2 Å². The van der Waals surface area contributed by atoms with Gasteiger partial charge in [-0.15, -0.1) is 0 Å².